The van der Waals surface area contributed by atoms with E-state index in [1.165, 1.54) is 11.3 Å². The van der Waals surface area contributed by atoms with Crippen molar-refractivity contribution < 1.29 is 9.32 Å². The molecule has 0 atom stereocenters. The summed E-state index contributed by atoms with van der Waals surface area (Å²) in [6, 6.07) is 1.60. The van der Waals surface area contributed by atoms with E-state index in [9.17, 15) is 4.79 Å². The molecule has 0 saturated heterocycles. The van der Waals surface area contributed by atoms with Crippen molar-refractivity contribution in [3.8, 4) is 0 Å². The van der Waals surface area contributed by atoms with Crippen molar-refractivity contribution >= 4 is 34.0 Å². The first kappa shape index (κ1) is 12.1. The molecule has 2 aromatic rings. The molecule has 0 aliphatic rings. The van der Waals surface area contributed by atoms with E-state index in [-0.39, 0.29) is 5.91 Å². The van der Waals surface area contributed by atoms with Crippen LogP contribution in [0.3, 0.4) is 0 Å². The number of rotatable bonds is 4. The van der Waals surface area contributed by atoms with E-state index in [0.29, 0.717) is 28.9 Å². The average Bonchev–Trinajstić information content (AvgIpc) is 2.85. The highest BCUT2D eigenvalue weighted by atomic mass is 35.5. The van der Waals surface area contributed by atoms with Crippen molar-refractivity contribution in [2.75, 3.05) is 5.32 Å². The lowest BCUT2D eigenvalue weighted by Gasteiger charge is -1.98. The molecule has 1 amide bonds. The van der Waals surface area contributed by atoms with Gasteiger partial charge in [0.1, 0.15) is 5.76 Å². The van der Waals surface area contributed by atoms with E-state index in [1.807, 2.05) is 6.92 Å². The Morgan fingerprint density at radius 2 is 2.47 bits per heavy atom. The Kier molecular flexibility index (Phi) is 3.75. The number of nitrogens with one attached hydrogen (secondary N) is 1. The molecule has 0 spiro atoms. The molecule has 0 bridgehead atoms. The molecule has 7 heteroatoms. The molecule has 0 radical (unpaired) electrons. The summed E-state index contributed by atoms with van der Waals surface area (Å²) in [7, 11) is 0. The molecule has 0 saturated carbocycles. The lowest BCUT2D eigenvalue weighted by molar-refractivity contribution is -0.116. The van der Waals surface area contributed by atoms with Crippen molar-refractivity contribution in [3.05, 3.63) is 28.1 Å². The van der Waals surface area contributed by atoms with Gasteiger partial charge in [-0.05, 0) is 6.92 Å². The highest BCUT2D eigenvalue weighted by molar-refractivity contribution is 7.15. The normalized spacial score (nSPS) is 10.5. The number of carbonyl (C=O) groups is 1. The van der Waals surface area contributed by atoms with Gasteiger partial charge in [-0.25, -0.2) is 4.98 Å². The van der Waals surface area contributed by atoms with Gasteiger partial charge in [-0.3, -0.25) is 4.79 Å². The first-order valence-electron chi connectivity index (χ1n) is 4.97. The zero-order valence-electron chi connectivity index (χ0n) is 9.07. The number of thiazole rings is 1. The topological polar surface area (TPSA) is 68.0 Å². The maximum Gasteiger partial charge on any atom is 0.226 e. The standard InChI is InChI=1S/C10H10ClN3O2S/c1-6-5-12-10(17-6)13-9(15)3-2-7-4-8(11)14-16-7/h4-5H,2-3H2,1H3,(H,12,13,15). The smallest absolute Gasteiger partial charge is 0.226 e. The first-order valence-corrected chi connectivity index (χ1v) is 6.16. The van der Waals surface area contributed by atoms with Crippen molar-refractivity contribution in [1.82, 2.24) is 10.1 Å². The second-order valence-corrected chi connectivity index (χ2v) is 5.06. The Bertz CT molecular complexity index is 523. The second-order valence-electron chi connectivity index (χ2n) is 3.44. The van der Waals surface area contributed by atoms with Gasteiger partial charge >= 0.3 is 0 Å². The minimum absolute atomic E-state index is 0.105. The Labute approximate surface area is 107 Å². The van der Waals surface area contributed by atoms with E-state index >= 15 is 0 Å². The molecular weight excluding hydrogens is 262 g/mol. The maximum atomic E-state index is 11.6. The molecule has 2 rings (SSSR count). The van der Waals surface area contributed by atoms with E-state index < -0.39 is 0 Å². The predicted octanol–water partition coefficient (Wildman–Crippen LogP) is 2.66. The third kappa shape index (κ3) is 3.54. The zero-order chi connectivity index (χ0) is 12.3. The van der Waals surface area contributed by atoms with Gasteiger partial charge in [0.25, 0.3) is 0 Å². The molecule has 2 heterocycles. The van der Waals surface area contributed by atoms with Gasteiger partial charge in [-0.2, -0.15) is 0 Å². The van der Waals surface area contributed by atoms with Gasteiger partial charge in [0, 0.05) is 30.0 Å². The number of carbonyl (C=O) groups excluding carboxylic acids is 1. The van der Waals surface area contributed by atoms with Crippen molar-refractivity contribution in [1.29, 1.82) is 0 Å². The largest absolute Gasteiger partial charge is 0.360 e. The minimum Gasteiger partial charge on any atom is -0.360 e. The first-order chi connectivity index (χ1) is 8.13. The van der Waals surface area contributed by atoms with Crippen LogP contribution in [0.15, 0.2) is 16.8 Å². The maximum absolute atomic E-state index is 11.6. The lowest BCUT2D eigenvalue weighted by Crippen LogP contribution is -2.11. The molecule has 0 aromatic carbocycles. The number of hydrogen-bond acceptors (Lipinski definition) is 5. The zero-order valence-corrected chi connectivity index (χ0v) is 10.6. The van der Waals surface area contributed by atoms with Crippen LogP contribution in [0.2, 0.25) is 5.15 Å². The summed E-state index contributed by atoms with van der Waals surface area (Å²) in [6.45, 7) is 1.93. The Hall–Kier alpha value is -1.40. The van der Waals surface area contributed by atoms with Crippen LogP contribution < -0.4 is 5.32 Å². The molecular formula is C10H10ClN3O2S. The molecule has 17 heavy (non-hydrogen) atoms. The van der Waals surface area contributed by atoms with E-state index in [2.05, 4.69) is 15.5 Å². The molecule has 0 aliphatic heterocycles. The monoisotopic (exact) mass is 271 g/mol. The number of nitrogens with zero attached hydrogens (tertiary/aromatic N) is 2. The van der Waals surface area contributed by atoms with E-state index in [0.717, 1.165) is 4.88 Å². The van der Waals surface area contributed by atoms with Gasteiger partial charge in [-0.1, -0.05) is 16.8 Å². The summed E-state index contributed by atoms with van der Waals surface area (Å²) in [4.78, 5) is 16.7. The fourth-order valence-corrected chi connectivity index (χ4v) is 2.07. The number of amides is 1. The minimum atomic E-state index is -0.105. The second kappa shape index (κ2) is 5.29. The Balaban J connectivity index is 1.82. The van der Waals surface area contributed by atoms with Crippen LogP contribution in [0.1, 0.15) is 17.1 Å². The summed E-state index contributed by atoms with van der Waals surface area (Å²) in [5.74, 6) is 0.493. The predicted molar refractivity (Wildman–Crippen MR) is 65.3 cm³/mol. The van der Waals surface area contributed by atoms with Crippen LogP contribution in [0.4, 0.5) is 5.13 Å². The van der Waals surface area contributed by atoms with E-state index in [1.54, 1.807) is 12.3 Å². The number of aromatic nitrogens is 2. The summed E-state index contributed by atoms with van der Waals surface area (Å²) in [6.07, 6.45) is 2.50. The summed E-state index contributed by atoms with van der Waals surface area (Å²) in [5, 5.41) is 7.16. The van der Waals surface area contributed by atoms with Gasteiger partial charge in [0.2, 0.25) is 5.91 Å². The van der Waals surface area contributed by atoms with Gasteiger partial charge < -0.3 is 9.84 Å². The molecule has 1 N–H and O–H groups in total. The summed E-state index contributed by atoms with van der Waals surface area (Å²) < 4.78 is 4.89. The van der Waals surface area contributed by atoms with Crippen LogP contribution in [0.25, 0.3) is 0 Å². The van der Waals surface area contributed by atoms with Crippen LogP contribution in [0, 0.1) is 6.92 Å². The third-order valence-corrected chi connectivity index (χ3v) is 3.00. The highest BCUT2D eigenvalue weighted by Crippen LogP contribution is 2.17. The number of aryl methyl sites for hydroxylation is 2. The summed E-state index contributed by atoms with van der Waals surface area (Å²) in [5.41, 5.74) is 0. The van der Waals surface area contributed by atoms with Gasteiger partial charge in [0.15, 0.2) is 10.3 Å². The lowest BCUT2D eigenvalue weighted by atomic mass is 10.2. The van der Waals surface area contributed by atoms with Gasteiger partial charge in [-0.15, -0.1) is 11.3 Å². The van der Waals surface area contributed by atoms with Crippen LogP contribution >= 0.6 is 22.9 Å². The fraction of sp³-hybridized carbons (Fsp3) is 0.300. The van der Waals surface area contributed by atoms with E-state index in [4.69, 9.17) is 16.1 Å². The Morgan fingerprint density at radius 3 is 3.06 bits per heavy atom. The summed E-state index contributed by atoms with van der Waals surface area (Å²) >= 11 is 7.04. The van der Waals surface area contributed by atoms with Crippen LogP contribution in [-0.4, -0.2) is 16.0 Å². The third-order valence-electron chi connectivity index (χ3n) is 2.00. The fourth-order valence-electron chi connectivity index (χ4n) is 1.24. The molecule has 0 aliphatic carbocycles. The van der Waals surface area contributed by atoms with Crippen molar-refractivity contribution in [2.45, 2.75) is 19.8 Å². The number of halogens is 1. The number of hydrogen-bond donors (Lipinski definition) is 1. The SMILES string of the molecule is Cc1cnc(NC(=O)CCc2cc(Cl)no2)s1. The molecule has 5 nitrogen and oxygen atoms in total. The Morgan fingerprint density at radius 1 is 1.65 bits per heavy atom. The van der Waals surface area contributed by atoms with Crippen LogP contribution in [0.5, 0.6) is 0 Å². The quantitative estimate of drug-likeness (QED) is 0.928. The molecule has 0 unspecified atom stereocenters. The average molecular weight is 272 g/mol. The molecule has 2 aromatic heterocycles. The van der Waals surface area contributed by atoms with Crippen molar-refractivity contribution in [3.63, 3.8) is 0 Å². The highest BCUT2D eigenvalue weighted by Gasteiger charge is 2.08. The molecule has 90 valence electrons. The molecule has 0 fully saturated rings. The van der Waals surface area contributed by atoms with Gasteiger partial charge in [0.05, 0.1) is 0 Å². The van der Waals surface area contributed by atoms with Crippen LogP contribution in [-0.2, 0) is 11.2 Å². The number of anilines is 1. The van der Waals surface area contributed by atoms with Crippen molar-refractivity contribution in [2.24, 2.45) is 0 Å².